The van der Waals surface area contributed by atoms with E-state index >= 15 is 0 Å². The Labute approximate surface area is 108 Å². The van der Waals surface area contributed by atoms with Gasteiger partial charge in [0, 0.05) is 5.02 Å². The summed E-state index contributed by atoms with van der Waals surface area (Å²) in [6, 6.07) is 11.1. The van der Waals surface area contributed by atoms with Gasteiger partial charge in [0.1, 0.15) is 0 Å². The fraction of sp³-hybridized carbons (Fsp3) is 0.143. The zero-order valence-electron chi connectivity index (χ0n) is 9.55. The lowest BCUT2D eigenvalue weighted by Crippen LogP contribution is -2.07. The lowest BCUT2D eigenvalue weighted by Gasteiger charge is -2.11. The van der Waals surface area contributed by atoms with Crippen LogP contribution >= 0.6 is 11.6 Å². The van der Waals surface area contributed by atoms with Gasteiger partial charge in [-0.1, -0.05) is 35.9 Å². The first-order valence-electron chi connectivity index (χ1n) is 5.32. The third kappa shape index (κ3) is 2.67. The van der Waals surface area contributed by atoms with Crippen LogP contribution in [0.4, 0.5) is 13.2 Å². The number of rotatable bonds is 1. The van der Waals surface area contributed by atoms with E-state index in [9.17, 15) is 13.2 Å². The second kappa shape index (κ2) is 4.65. The van der Waals surface area contributed by atoms with E-state index in [1.807, 2.05) is 0 Å². The minimum Gasteiger partial charge on any atom is -0.166 e. The van der Waals surface area contributed by atoms with Crippen molar-refractivity contribution in [2.24, 2.45) is 0 Å². The van der Waals surface area contributed by atoms with Crippen LogP contribution in [0, 0.1) is 6.92 Å². The van der Waals surface area contributed by atoms with Gasteiger partial charge >= 0.3 is 6.18 Å². The molecule has 0 saturated carbocycles. The van der Waals surface area contributed by atoms with Gasteiger partial charge in [-0.25, -0.2) is 0 Å². The molecule has 0 nitrogen and oxygen atoms in total. The van der Waals surface area contributed by atoms with Gasteiger partial charge in [0.15, 0.2) is 0 Å². The molecule has 94 valence electrons. The molecule has 2 aromatic carbocycles. The molecule has 0 spiro atoms. The van der Waals surface area contributed by atoms with Crippen LogP contribution < -0.4 is 0 Å². The summed E-state index contributed by atoms with van der Waals surface area (Å²) in [5.74, 6) is 0. The van der Waals surface area contributed by atoms with Crippen LogP contribution in [0.2, 0.25) is 5.02 Å². The average molecular weight is 271 g/mol. The van der Waals surface area contributed by atoms with E-state index in [4.69, 9.17) is 11.6 Å². The molecule has 0 aliphatic heterocycles. The summed E-state index contributed by atoms with van der Waals surface area (Å²) in [7, 11) is 0. The van der Waals surface area contributed by atoms with Crippen molar-refractivity contribution in [2.45, 2.75) is 13.1 Å². The molecule has 0 aromatic heterocycles. The van der Waals surface area contributed by atoms with E-state index in [0.29, 0.717) is 5.02 Å². The third-order valence-corrected chi connectivity index (χ3v) is 2.96. The molecule has 0 aliphatic carbocycles. The van der Waals surface area contributed by atoms with Gasteiger partial charge in [-0.3, -0.25) is 0 Å². The highest BCUT2D eigenvalue weighted by atomic mass is 35.5. The zero-order chi connectivity index (χ0) is 13.3. The van der Waals surface area contributed by atoms with Crippen molar-refractivity contribution in [3.05, 3.63) is 58.6 Å². The molecule has 0 N–H and O–H groups in total. The maximum absolute atomic E-state index is 12.6. The molecule has 0 radical (unpaired) electrons. The highest BCUT2D eigenvalue weighted by Gasteiger charge is 2.32. The van der Waals surface area contributed by atoms with Gasteiger partial charge in [-0.2, -0.15) is 13.2 Å². The quantitative estimate of drug-likeness (QED) is 0.657. The number of alkyl halides is 3. The van der Waals surface area contributed by atoms with Gasteiger partial charge in [0.05, 0.1) is 5.56 Å². The standard InChI is InChI=1S/C14H10ClF3/c1-9-8-11(4-7-13(9)14(16,17)18)10-2-5-12(15)6-3-10/h2-8H,1H3. The molecule has 2 aromatic rings. The minimum absolute atomic E-state index is 0.218. The van der Waals surface area contributed by atoms with Crippen molar-refractivity contribution in [3.8, 4) is 11.1 Å². The molecule has 0 atom stereocenters. The first-order chi connectivity index (χ1) is 8.38. The van der Waals surface area contributed by atoms with Gasteiger partial charge < -0.3 is 0 Å². The number of benzene rings is 2. The second-order valence-corrected chi connectivity index (χ2v) is 4.47. The van der Waals surface area contributed by atoms with E-state index in [1.165, 1.54) is 19.1 Å². The van der Waals surface area contributed by atoms with Crippen LogP contribution in [-0.2, 0) is 6.18 Å². The smallest absolute Gasteiger partial charge is 0.166 e. The van der Waals surface area contributed by atoms with E-state index < -0.39 is 11.7 Å². The normalized spacial score (nSPS) is 11.6. The Morgan fingerprint density at radius 2 is 1.44 bits per heavy atom. The Balaban J connectivity index is 2.43. The molecule has 0 heterocycles. The molecular weight excluding hydrogens is 261 g/mol. The molecule has 0 saturated heterocycles. The highest BCUT2D eigenvalue weighted by Crippen LogP contribution is 2.34. The van der Waals surface area contributed by atoms with Crippen LogP contribution in [0.3, 0.4) is 0 Å². The second-order valence-electron chi connectivity index (χ2n) is 4.03. The molecule has 0 fully saturated rings. The average Bonchev–Trinajstić information content (AvgIpc) is 2.28. The molecule has 2 rings (SSSR count). The molecule has 4 heteroatoms. The van der Waals surface area contributed by atoms with E-state index in [0.717, 1.165) is 17.2 Å². The maximum atomic E-state index is 12.6. The summed E-state index contributed by atoms with van der Waals surface area (Å²) in [5.41, 5.74) is 1.21. The zero-order valence-corrected chi connectivity index (χ0v) is 10.3. The highest BCUT2D eigenvalue weighted by molar-refractivity contribution is 6.30. The van der Waals surface area contributed by atoms with Gasteiger partial charge in [-0.05, 0) is 41.8 Å². The fourth-order valence-electron chi connectivity index (χ4n) is 1.80. The summed E-state index contributed by atoms with van der Waals surface area (Å²) in [4.78, 5) is 0. The summed E-state index contributed by atoms with van der Waals surface area (Å²) in [6.45, 7) is 1.46. The van der Waals surface area contributed by atoms with Crippen LogP contribution in [0.25, 0.3) is 11.1 Å². The Bertz CT molecular complexity index is 556. The Kier molecular flexibility index (Phi) is 3.35. The third-order valence-electron chi connectivity index (χ3n) is 2.71. The number of hydrogen-bond donors (Lipinski definition) is 0. The van der Waals surface area contributed by atoms with Crippen molar-refractivity contribution in [1.82, 2.24) is 0 Å². The fourth-order valence-corrected chi connectivity index (χ4v) is 1.93. The Morgan fingerprint density at radius 1 is 0.889 bits per heavy atom. The van der Waals surface area contributed by atoms with E-state index in [-0.39, 0.29) is 5.56 Å². The number of hydrogen-bond acceptors (Lipinski definition) is 0. The van der Waals surface area contributed by atoms with Crippen molar-refractivity contribution in [1.29, 1.82) is 0 Å². The molecule has 0 unspecified atom stereocenters. The number of halogens is 4. The van der Waals surface area contributed by atoms with Gasteiger partial charge in [0.25, 0.3) is 0 Å². The lowest BCUT2D eigenvalue weighted by atomic mass is 10.00. The number of aryl methyl sites for hydroxylation is 1. The summed E-state index contributed by atoms with van der Waals surface area (Å²) < 4.78 is 37.9. The van der Waals surface area contributed by atoms with Crippen LogP contribution in [-0.4, -0.2) is 0 Å². The molecule has 0 amide bonds. The Morgan fingerprint density at radius 3 is 1.94 bits per heavy atom. The minimum atomic E-state index is -4.30. The summed E-state index contributed by atoms with van der Waals surface area (Å²) >= 11 is 5.77. The van der Waals surface area contributed by atoms with Crippen LogP contribution in [0.1, 0.15) is 11.1 Å². The topological polar surface area (TPSA) is 0 Å². The molecule has 0 aliphatic rings. The molecule has 0 bridgehead atoms. The first-order valence-corrected chi connectivity index (χ1v) is 5.69. The van der Waals surface area contributed by atoms with Crippen LogP contribution in [0.15, 0.2) is 42.5 Å². The predicted molar refractivity (Wildman–Crippen MR) is 66.6 cm³/mol. The predicted octanol–water partition coefficient (Wildman–Crippen LogP) is 5.33. The largest absolute Gasteiger partial charge is 0.416 e. The van der Waals surface area contributed by atoms with E-state index in [2.05, 4.69) is 0 Å². The maximum Gasteiger partial charge on any atom is 0.416 e. The first kappa shape index (κ1) is 13.0. The summed E-state index contributed by atoms with van der Waals surface area (Å²) in [5, 5.41) is 0.599. The van der Waals surface area contributed by atoms with Gasteiger partial charge in [-0.15, -0.1) is 0 Å². The molecule has 18 heavy (non-hydrogen) atoms. The van der Waals surface area contributed by atoms with Crippen molar-refractivity contribution in [3.63, 3.8) is 0 Å². The lowest BCUT2D eigenvalue weighted by molar-refractivity contribution is -0.138. The monoisotopic (exact) mass is 270 g/mol. The SMILES string of the molecule is Cc1cc(-c2ccc(Cl)cc2)ccc1C(F)(F)F. The Hall–Kier alpha value is -1.48. The van der Waals surface area contributed by atoms with Gasteiger partial charge in [0.2, 0.25) is 0 Å². The van der Waals surface area contributed by atoms with Crippen molar-refractivity contribution >= 4 is 11.6 Å². The van der Waals surface area contributed by atoms with Crippen molar-refractivity contribution < 1.29 is 13.2 Å². The van der Waals surface area contributed by atoms with E-state index in [1.54, 1.807) is 24.3 Å². The molecular formula is C14H10ClF3. The summed E-state index contributed by atoms with van der Waals surface area (Å²) in [6.07, 6.45) is -4.30. The van der Waals surface area contributed by atoms with Crippen LogP contribution in [0.5, 0.6) is 0 Å². The van der Waals surface area contributed by atoms with Crippen molar-refractivity contribution in [2.75, 3.05) is 0 Å².